The van der Waals surface area contributed by atoms with E-state index in [1.54, 1.807) is 0 Å². The minimum atomic E-state index is -0.331. The second kappa shape index (κ2) is 7.39. The standard InChI is InChI=1S/C15H18FN5/c16-12-5-7-13(8-6-12)19-20-14(11-17)15(18)21-9-3-1-2-4-10-21/h5-8,18-19H,1-4,9-10H2. The highest BCUT2D eigenvalue weighted by atomic mass is 19.1. The van der Waals surface area contributed by atoms with Crippen LogP contribution in [0.2, 0.25) is 0 Å². The van der Waals surface area contributed by atoms with Crippen LogP contribution in [0, 0.1) is 22.6 Å². The third kappa shape index (κ3) is 4.28. The van der Waals surface area contributed by atoms with Gasteiger partial charge < -0.3 is 4.90 Å². The van der Waals surface area contributed by atoms with Crippen LogP contribution in [0.15, 0.2) is 29.4 Å². The SMILES string of the molecule is N#CC(=NNc1ccc(F)cc1)C(=N)N1CCCCCC1. The highest BCUT2D eigenvalue weighted by Crippen LogP contribution is 2.11. The van der Waals surface area contributed by atoms with Gasteiger partial charge in [-0.25, -0.2) is 4.39 Å². The molecule has 1 heterocycles. The Hall–Kier alpha value is -2.42. The monoisotopic (exact) mass is 287 g/mol. The Balaban J connectivity index is 2.03. The fourth-order valence-electron chi connectivity index (χ4n) is 2.22. The first-order valence-electron chi connectivity index (χ1n) is 7.04. The molecule has 1 aromatic carbocycles. The summed E-state index contributed by atoms with van der Waals surface area (Å²) in [6.45, 7) is 1.58. The molecule has 0 saturated carbocycles. The van der Waals surface area contributed by atoms with Gasteiger partial charge in [-0.2, -0.15) is 10.4 Å². The van der Waals surface area contributed by atoms with Crippen molar-refractivity contribution in [3.05, 3.63) is 30.1 Å². The average molecular weight is 287 g/mol. The molecule has 6 heteroatoms. The summed E-state index contributed by atoms with van der Waals surface area (Å²) in [5, 5.41) is 21.2. The summed E-state index contributed by atoms with van der Waals surface area (Å²) in [5.41, 5.74) is 3.31. The molecule has 1 aliphatic rings. The van der Waals surface area contributed by atoms with E-state index in [0.717, 1.165) is 38.8 Å². The molecule has 0 unspecified atom stereocenters. The Kier molecular flexibility index (Phi) is 5.27. The lowest BCUT2D eigenvalue weighted by atomic mass is 10.2. The van der Waals surface area contributed by atoms with Crippen molar-refractivity contribution in [3.8, 4) is 6.07 Å². The van der Waals surface area contributed by atoms with Gasteiger partial charge in [0.15, 0.2) is 5.84 Å². The van der Waals surface area contributed by atoms with E-state index in [1.807, 2.05) is 11.0 Å². The number of hydrogen-bond acceptors (Lipinski definition) is 4. The second-order valence-electron chi connectivity index (χ2n) is 4.94. The minimum Gasteiger partial charge on any atom is -0.355 e. The number of likely N-dealkylation sites (tertiary alicyclic amines) is 1. The summed E-state index contributed by atoms with van der Waals surface area (Å²) in [4.78, 5) is 1.89. The van der Waals surface area contributed by atoms with Gasteiger partial charge in [0.05, 0.1) is 5.69 Å². The van der Waals surface area contributed by atoms with E-state index in [-0.39, 0.29) is 17.4 Å². The van der Waals surface area contributed by atoms with Gasteiger partial charge in [-0.1, -0.05) is 12.8 Å². The molecular formula is C15H18FN5. The lowest BCUT2D eigenvalue weighted by Crippen LogP contribution is -2.36. The molecule has 0 spiro atoms. The Labute approximate surface area is 123 Å². The Morgan fingerprint density at radius 2 is 1.81 bits per heavy atom. The molecule has 1 aliphatic heterocycles. The Bertz CT molecular complexity index is 550. The van der Waals surface area contributed by atoms with Crippen LogP contribution >= 0.6 is 0 Å². The maximum atomic E-state index is 12.8. The molecule has 0 radical (unpaired) electrons. The van der Waals surface area contributed by atoms with Crippen molar-refractivity contribution in [2.24, 2.45) is 5.10 Å². The fourth-order valence-corrected chi connectivity index (χ4v) is 2.22. The number of halogens is 1. The summed E-state index contributed by atoms with van der Waals surface area (Å²) < 4.78 is 12.8. The summed E-state index contributed by atoms with van der Waals surface area (Å²) >= 11 is 0. The second-order valence-corrected chi connectivity index (χ2v) is 4.94. The topological polar surface area (TPSA) is 75.3 Å². The quantitative estimate of drug-likeness (QED) is 0.510. The zero-order chi connectivity index (χ0) is 15.1. The highest BCUT2D eigenvalue weighted by molar-refractivity contribution is 6.46. The van der Waals surface area contributed by atoms with Crippen LogP contribution in [0.5, 0.6) is 0 Å². The predicted molar refractivity (Wildman–Crippen MR) is 80.8 cm³/mol. The van der Waals surface area contributed by atoms with E-state index in [4.69, 9.17) is 5.41 Å². The van der Waals surface area contributed by atoms with E-state index >= 15 is 0 Å². The summed E-state index contributed by atoms with van der Waals surface area (Å²) in [6, 6.07) is 7.63. The van der Waals surface area contributed by atoms with E-state index in [2.05, 4.69) is 10.5 Å². The van der Waals surface area contributed by atoms with E-state index < -0.39 is 0 Å². The van der Waals surface area contributed by atoms with Gasteiger partial charge in [-0.15, -0.1) is 0 Å². The van der Waals surface area contributed by atoms with E-state index in [9.17, 15) is 9.65 Å². The molecule has 0 aliphatic carbocycles. The van der Waals surface area contributed by atoms with Crippen molar-refractivity contribution in [2.45, 2.75) is 25.7 Å². The largest absolute Gasteiger partial charge is 0.355 e. The zero-order valence-corrected chi connectivity index (χ0v) is 11.8. The average Bonchev–Trinajstić information content (AvgIpc) is 2.78. The summed E-state index contributed by atoms with van der Waals surface area (Å²) in [7, 11) is 0. The van der Waals surface area contributed by atoms with Crippen LogP contribution in [0.3, 0.4) is 0 Å². The van der Waals surface area contributed by atoms with Crippen molar-refractivity contribution in [1.82, 2.24) is 4.90 Å². The van der Waals surface area contributed by atoms with E-state index in [1.165, 1.54) is 24.3 Å². The molecule has 21 heavy (non-hydrogen) atoms. The normalized spacial score (nSPS) is 16.0. The van der Waals surface area contributed by atoms with Gasteiger partial charge in [0.2, 0.25) is 5.71 Å². The third-order valence-corrected chi connectivity index (χ3v) is 3.39. The van der Waals surface area contributed by atoms with Crippen molar-refractivity contribution in [3.63, 3.8) is 0 Å². The number of anilines is 1. The molecule has 1 aromatic rings. The number of rotatable bonds is 3. The minimum absolute atomic E-state index is 0.0428. The van der Waals surface area contributed by atoms with E-state index in [0.29, 0.717) is 5.69 Å². The number of nitriles is 1. The van der Waals surface area contributed by atoms with Crippen LogP contribution < -0.4 is 5.43 Å². The highest BCUT2D eigenvalue weighted by Gasteiger charge is 2.17. The van der Waals surface area contributed by atoms with Gasteiger partial charge in [0, 0.05) is 13.1 Å². The van der Waals surface area contributed by atoms with Crippen LogP contribution in [0.25, 0.3) is 0 Å². The van der Waals surface area contributed by atoms with Gasteiger partial charge >= 0.3 is 0 Å². The van der Waals surface area contributed by atoms with Crippen molar-refractivity contribution in [2.75, 3.05) is 18.5 Å². The molecule has 0 amide bonds. The Morgan fingerprint density at radius 1 is 1.19 bits per heavy atom. The molecule has 1 fully saturated rings. The first-order chi connectivity index (χ1) is 10.2. The van der Waals surface area contributed by atoms with Gasteiger partial charge in [0.1, 0.15) is 11.9 Å². The molecule has 110 valence electrons. The Morgan fingerprint density at radius 3 is 2.38 bits per heavy atom. The van der Waals surface area contributed by atoms with Crippen molar-refractivity contribution in [1.29, 1.82) is 10.7 Å². The number of benzene rings is 1. The first-order valence-corrected chi connectivity index (χ1v) is 7.04. The summed E-state index contributed by atoms with van der Waals surface area (Å²) in [5.74, 6) is -0.184. The molecule has 0 atom stereocenters. The summed E-state index contributed by atoms with van der Waals surface area (Å²) in [6.07, 6.45) is 4.40. The van der Waals surface area contributed by atoms with Gasteiger partial charge in [-0.3, -0.25) is 10.8 Å². The molecule has 2 rings (SSSR count). The maximum Gasteiger partial charge on any atom is 0.202 e. The molecular weight excluding hydrogens is 269 g/mol. The molecule has 1 saturated heterocycles. The molecule has 2 N–H and O–H groups in total. The predicted octanol–water partition coefficient (Wildman–Crippen LogP) is 2.97. The number of nitrogens with one attached hydrogen (secondary N) is 2. The zero-order valence-electron chi connectivity index (χ0n) is 11.8. The van der Waals surface area contributed by atoms with Crippen LogP contribution in [0.1, 0.15) is 25.7 Å². The number of nitrogens with zero attached hydrogens (tertiary/aromatic N) is 3. The number of hydrogen-bond donors (Lipinski definition) is 2. The molecule has 0 bridgehead atoms. The van der Waals surface area contributed by atoms with Crippen molar-refractivity contribution < 1.29 is 4.39 Å². The molecule has 0 aromatic heterocycles. The third-order valence-electron chi connectivity index (χ3n) is 3.39. The van der Waals surface area contributed by atoms with Gasteiger partial charge in [-0.05, 0) is 37.1 Å². The van der Waals surface area contributed by atoms with Gasteiger partial charge in [0.25, 0.3) is 0 Å². The fraction of sp³-hybridized carbons (Fsp3) is 0.400. The smallest absolute Gasteiger partial charge is 0.202 e. The number of amidine groups is 1. The van der Waals surface area contributed by atoms with Crippen LogP contribution in [-0.2, 0) is 0 Å². The van der Waals surface area contributed by atoms with Crippen LogP contribution in [-0.4, -0.2) is 29.5 Å². The maximum absolute atomic E-state index is 12.8. The lowest BCUT2D eigenvalue weighted by molar-refractivity contribution is 0.438. The van der Waals surface area contributed by atoms with Crippen molar-refractivity contribution >= 4 is 17.2 Å². The molecule has 5 nitrogen and oxygen atoms in total. The van der Waals surface area contributed by atoms with Crippen LogP contribution in [0.4, 0.5) is 10.1 Å². The first kappa shape index (κ1) is 15.0. The number of hydrazone groups is 1. The lowest BCUT2D eigenvalue weighted by Gasteiger charge is -2.21.